The molecule has 2 saturated carbocycles. The molecule has 3 heterocycles. The minimum absolute atomic E-state index is 0.0424. The van der Waals surface area contributed by atoms with Gasteiger partial charge in [-0.2, -0.15) is 4.98 Å². The molecule has 0 bridgehead atoms. The van der Waals surface area contributed by atoms with Crippen LogP contribution >= 0.6 is 0 Å². The van der Waals surface area contributed by atoms with Crippen molar-refractivity contribution in [3.63, 3.8) is 0 Å². The molecule has 4 aliphatic rings. The largest absolute Gasteiger partial charge is 0.481 e. The maximum absolute atomic E-state index is 14.5. The van der Waals surface area contributed by atoms with Crippen LogP contribution in [-0.4, -0.2) is 96.0 Å². The van der Waals surface area contributed by atoms with Gasteiger partial charge >= 0.3 is 6.09 Å². The van der Waals surface area contributed by atoms with Crippen LogP contribution in [0, 0.1) is 17.8 Å². The molecule has 4 amide bonds. The highest BCUT2D eigenvalue weighted by atomic mass is 32.2. The molecule has 282 valence electrons. The van der Waals surface area contributed by atoms with Crippen LogP contribution in [0.4, 0.5) is 9.18 Å². The van der Waals surface area contributed by atoms with E-state index in [4.69, 9.17) is 9.47 Å². The van der Waals surface area contributed by atoms with Gasteiger partial charge in [0.25, 0.3) is 5.91 Å². The summed E-state index contributed by atoms with van der Waals surface area (Å²) in [7, 11) is -2.92. The van der Waals surface area contributed by atoms with E-state index >= 15 is 0 Å². The Morgan fingerprint density at radius 1 is 1.19 bits per heavy atom. The zero-order chi connectivity index (χ0) is 37.4. The van der Waals surface area contributed by atoms with E-state index in [1.54, 1.807) is 12.1 Å². The molecule has 52 heavy (non-hydrogen) atoms. The molecule has 1 aromatic heterocycles. The molecule has 1 saturated heterocycles. The Hall–Kier alpha value is -4.47. The predicted octanol–water partition coefficient (Wildman–Crippen LogP) is 3.45. The molecule has 4 N–H and O–H groups in total. The van der Waals surface area contributed by atoms with E-state index in [2.05, 4.69) is 20.3 Å². The summed E-state index contributed by atoms with van der Waals surface area (Å²) in [5.41, 5.74) is -1.66. The third-order valence-electron chi connectivity index (χ3n) is 11.1. The molecule has 2 aliphatic carbocycles. The fourth-order valence-electron chi connectivity index (χ4n) is 7.60. The average molecular weight is 744 g/mol. The average Bonchev–Trinajstić information content (AvgIpc) is 4.02. The molecule has 16 heteroatoms. The summed E-state index contributed by atoms with van der Waals surface area (Å²) in [6, 6.07) is 6.68. The van der Waals surface area contributed by atoms with Crippen LogP contribution in [0.15, 0.2) is 42.5 Å². The van der Waals surface area contributed by atoms with Crippen molar-refractivity contribution in [2.24, 2.45) is 17.8 Å². The van der Waals surface area contributed by atoms with Crippen LogP contribution in [0.3, 0.4) is 0 Å². The van der Waals surface area contributed by atoms with Crippen LogP contribution < -0.4 is 24.8 Å². The number of carbonyl (C=O) groups excluding carboxylic acids is 3. The number of hydrogen-bond acceptors (Lipinski definition) is 9. The van der Waals surface area contributed by atoms with Gasteiger partial charge in [-0.25, -0.2) is 17.6 Å². The van der Waals surface area contributed by atoms with Crippen molar-refractivity contribution in [3.8, 4) is 11.8 Å². The van der Waals surface area contributed by atoms with E-state index in [-0.39, 0.29) is 55.8 Å². The van der Waals surface area contributed by atoms with Gasteiger partial charge in [0, 0.05) is 23.8 Å². The number of pyridine rings is 1. The summed E-state index contributed by atoms with van der Waals surface area (Å²) in [6.45, 7) is 2.66. The lowest BCUT2D eigenvalue weighted by Gasteiger charge is -2.33. The second-order valence-corrected chi connectivity index (χ2v) is 16.7. The number of carbonyl (C=O) groups is 4. The second-order valence-electron chi connectivity index (χ2n) is 14.6. The predicted molar refractivity (Wildman–Crippen MR) is 188 cm³/mol. The number of amides is 4. The number of nitrogens with zero attached hydrogens (tertiary/aromatic N) is 2. The van der Waals surface area contributed by atoms with Crippen LogP contribution in [0.25, 0.3) is 10.8 Å². The zero-order valence-corrected chi connectivity index (χ0v) is 30.3. The monoisotopic (exact) mass is 743 g/mol. The number of fused-ring (bicyclic) bond motifs is 3. The number of benzene rings is 1. The van der Waals surface area contributed by atoms with Crippen LogP contribution in [0.2, 0.25) is 0 Å². The first-order valence-electron chi connectivity index (χ1n) is 17.8. The van der Waals surface area contributed by atoms with Crippen molar-refractivity contribution < 1.29 is 46.6 Å². The van der Waals surface area contributed by atoms with Gasteiger partial charge in [0.2, 0.25) is 33.6 Å². The highest BCUT2D eigenvalue weighted by molar-refractivity contribution is 7.91. The van der Waals surface area contributed by atoms with Gasteiger partial charge in [-0.3, -0.25) is 19.1 Å². The van der Waals surface area contributed by atoms with Gasteiger partial charge < -0.3 is 30.1 Å². The molecule has 2 aliphatic heterocycles. The van der Waals surface area contributed by atoms with Gasteiger partial charge in [-0.15, -0.1) is 0 Å². The van der Waals surface area contributed by atoms with E-state index in [1.165, 1.54) is 12.0 Å². The quantitative estimate of drug-likeness (QED) is 0.277. The number of nitrogens with one attached hydrogen (secondary N) is 3. The molecule has 1 aromatic carbocycles. The first-order valence-corrected chi connectivity index (χ1v) is 19.3. The van der Waals surface area contributed by atoms with E-state index < -0.39 is 74.9 Å². The standard InChI is InChI=1S/C36H46FN5O9S/c1-4-22-15-21(2)9-5-7-11-24-18-36(24,33(45)41-52(48,49)35(20-37)13-14-35)40-30(43)27-17-25(19-42(27)32(44)29(22)39-34(46)47)51-31-26-12-8-6-10-23(26)16-28(38-31)50-3/h6-8,10-12,16,21-22,24-25,27,29,39H,4-5,9,13-15,17-20H2,1-3H3,(H,40,43)(H,41,45)(H,46,47)/b11-7-/t21-,22+,24+,25+,27-,29-,36+/m0/s1. The molecular weight excluding hydrogens is 697 g/mol. The summed E-state index contributed by atoms with van der Waals surface area (Å²) >= 11 is 0. The smallest absolute Gasteiger partial charge is 0.405 e. The first kappa shape index (κ1) is 37.3. The van der Waals surface area contributed by atoms with Gasteiger partial charge in [-0.05, 0) is 61.8 Å². The maximum atomic E-state index is 14.5. The second kappa shape index (κ2) is 14.5. The lowest BCUT2D eigenvalue weighted by atomic mass is 9.85. The number of carboxylic acid groups (broad SMARTS) is 1. The zero-order valence-electron chi connectivity index (χ0n) is 29.5. The summed E-state index contributed by atoms with van der Waals surface area (Å²) in [6.07, 6.45) is 4.05. The fraction of sp³-hybridized carbons (Fsp3) is 0.583. The summed E-state index contributed by atoms with van der Waals surface area (Å²) in [4.78, 5) is 60.5. The Morgan fingerprint density at radius 3 is 2.62 bits per heavy atom. The molecule has 0 radical (unpaired) electrons. The van der Waals surface area contributed by atoms with Gasteiger partial charge in [-0.1, -0.05) is 50.6 Å². The Balaban J connectivity index is 1.36. The maximum Gasteiger partial charge on any atom is 0.405 e. The van der Waals surface area contributed by atoms with E-state index in [1.807, 2.05) is 44.2 Å². The third kappa shape index (κ3) is 7.26. The third-order valence-corrected chi connectivity index (χ3v) is 13.2. The van der Waals surface area contributed by atoms with Gasteiger partial charge in [0.05, 0.1) is 13.7 Å². The van der Waals surface area contributed by atoms with Crippen molar-refractivity contribution in [3.05, 3.63) is 42.5 Å². The Bertz CT molecular complexity index is 1870. The number of hydrogen-bond donors (Lipinski definition) is 4. The SMILES string of the molecule is CC[C@@H]1C[C@@H](C)CC/C=C\[C@@H]2C[C@@]2(C(=O)NS(=O)(=O)C2(CF)CC2)NC(=O)[C@@H]2C[C@@H](Oc3nc(OC)cc4ccccc34)CN2C(=O)[C@H]1NC(=O)O. The lowest BCUT2D eigenvalue weighted by molar-refractivity contribution is -0.142. The van der Waals surface area contributed by atoms with Gasteiger partial charge in [0.15, 0.2) is 0 Å². The molecule has 3 fully saturated rings. The molecule has 6 rings (SSSR count). The molecule has 0 unspecified atom stereocenters. The number of aromatic nitrogens is 1. The minimum atomic E-state index is -4.39. The summed E-state index contributed by atoms with van der Waals surface area (Å²) in [5.74, 6) is -2.66. The van der Waals surface area contributed by atoms with Crippen molar-refractivity contribution in [1.29, 1.82) is 0 Å². The summed E-state index contributed by atoms with van der Waals surface area (Å²) < 4.78 is 52.1. The highest BCUT2D eigenvalue weighted by Crippen LogP contribution is 2.48. The van der Waals surface area contributed by atoms with Gasteiger partial charge in [0.1, 0.15) is 35.1 Å². The van der Waals surface area contributed by atoms with Crippen molar-refractivity contribution in [2.45, 2.75) is 93.7 Å². The molecular formula is C36H46FN5O9S. The number of methoxy groups -OCH3 is 1. The minimum Gasteiger partial charge on any atom is -0.481 e. The van der Waals surface area contributed by atoms with Crippen molar-refractivity contribution in [1.82, 2.24) is 25.2 Å². The molecule has 0 spiro atoms. The lowest BCUT2D eigenvalue weighted by Crippen LogP contribution is -2.59. The Kier molecular flexibility index (Phi) is 10.4. The van der Waals surface area contributed by atoms with Crippen LogP contribution in [0.5, 0.6) is 11.8 Å². The topological polar surface area (TPSA) is 193 Å². The normalized spacial score (nSPS) is 30.8. The molecule has 7 atom stereocenters. The first-order chi connectivity index (χ1) is 24.8. The number of rotatable bonds is 9. The number of alkyl halides is 1. The van der Waals surface area contributed by atoms with Crippen LogP contribution in [0.1, 0.15) is 65.2 Å². The van der Waals surface area contributed by atoms with E-state index in [0.29, 0.717) is 31.1 Å². The van der Waals surface area contributed by atoms with Crippen molar-refractivity contribution >= 4 is 44.6 Å². The van der Waals surface area contributed by atoms with Crippen LogP contribution in [-0.2, 0) is 24.4 Å². The number of sulfonamides is 1. The highest BCUT2D eigenvalue weighted by Gasteiger charge is 2.64. The van der Waals surface area contributed by atoms with Crippen molar-refractivity contribution in [2.75, 3.05) is 20.3 Å². The van der Waals surface area contributed by atoms with E-state index in [0.717, 1.165) is 5.39 Å². The number of ether oxygens (including phenoxy) is 2. The number of halogens is 1. The Morgan fingerprint density at radius 2 is 1.94 bits per heavy atom. The van der Waals surface area contributed by atoms with E-state index in [9.17, 15) is 37.1 Å². The summed E-state index contributed by atoms with van der Waals surface area (Å²) in [5, 5.41) is 16.5. The molecule has 2 aromatic rings. The Labute approximate surface area is 301 Å². The molecule has 14 nitrogen and oxygen atoms in total. The number of allylic oxidation sites excluding steroid dienone is 1. The fourth-order valence-corrected chi connectivity index (χ4v) is 9.02.